The molecule has 2 rings (SSSR count). The van der Waals surface area contributed by atoms with E-state index in [9.17, 15) is 5.11 Å². The largest absolute Gasteiger partial charge is 0.393 e. The van der Waals surface area contributed by atoms with Crippen LogP contribution in [0.1, 0.15) is 52.4 Å². The second kappa shape index (κ2) is 7.61. The fraction of sp³-hybridized carbons (Fsp3) is 1.00. The third-order valence-corrected chi connectivity index (χ3v) is 4.72. The normalized spacial score (nSPS) is 30.9. The summed E-state index contributed by atoms with van der Waals surface area (Å²) in [6.45, 7) is 9.57. The van der Waals surface area contributed by atoms with E-state index in [2.05, 4.69) is 24.1 Å². The highest BCUT2D eigenvalue weighted by Gasteiger charge is 2.22. The first-order chi connectivity index (χ1) is 9.13. The maximum Gasteiger partial charge on any atom is 0.0540 e. The molecule has 3 heteroatoms. The zero-order valence-electron chi connectivity index (χ0n) is 12.8. The molecule has 0 aromatic rings. The standard InChI is InChI=1S/C16H32N2O/c1-13(2)12-18-9-7-15(8-10-18)17-11-14-3-5-16(19)6-4-14/h13-17,19H,3-12H2,1-2H3. The molecular formula is C16H32N2O. The first kappa shape index (κ1) is 15.3. The van der Waals surface area contributed by atoms with Gasteiger partial charge in [-0.15, -0.1) is 0 Å². The van der Waals surface area contributed by atoms with Crippen LogP contribution in [0.4, 0.5) is 0 Å². The van der Waals surface area contributed by atoms with Gasteiger partial charge in [0.25, 0.3) is 0 Å². The summed E-state index contributed by atoms with van der Waals surface area (Å²) in [6, 6.07) is 0.732. The molecule has 0 atom stereocenters. The lowest BCUT2D eigenvalue weighted by molar-refractivity contribution is 0.105. The molecule has 3 nitrogen and oxygen atoms in total. The Morgan fingerprint density at radius 2 is 1.68 bits per heavy atom. The SMILES string of the molecule is CC(C)CN1CCC(NCC2CCC(O)CC2)CC1. The first-order valence-electron chi connectivity index (χ1n) is 8.27. The number of nitrogens with one attached hydrogen (secondary N) is 1. The van der Waals surface area contributed by atoms with Crippen LogP contribution < -0.4 is 5.32 Å². The van der Waals surface area contributed by atoms with Gasteiger partial charge in [0, 0.05) is 12.6 Å². The van der Waals surface area contributed by atoms with Crippen molar-refractivity contribution in [2.75, 3.05) is 26.2 Å². The van der Waals surface area contributed by atoms with Crippen LogP contribution in [0.25, 0.3) is 0 Å². The van der Waals surface area contributed by atoms with Gasteiger partial charge < -0.3 is 15.3 Å². The highest BCUT2D eigenvalue weighted by molar-refractivity contribution is 4.80. The first-order valence-corrected chi connectivity index (χ1v) is 8.27. The van der Waals surface area contributed by atoms with Gasteiger partial charge in [-0.25, -0.2) is 0 Å². The van der Waals surface area contributed by atoms with Gasteiger partial charge in [-0.3, -0.25) is 0 Å². The van der Waals surface area contributed by atoms with Crippen LogP contribution in [0.15, 0.2) is 0 Å². The third-order valence-electron chi connectivity index (χ3n) is 4.72. The van der Waals surface area contributed by atoms with Crippen LogP contribution in [0.5, 0.6) is 0 Å². The van der Waals surface area contributed by atoms with E-state index in [-0.39, 0.29) is 6.10 Å². The van der Waals surface area contributed by atoms with Crippen molar-refractivity contribution in [2.45, 2.75) is 64.5 Å². The van der Waals surface area contributed by atoms with Gasteiger partial charge in [0.1, 0.15) is 0 Å². The molecule has 0 amide bonds. The van der Waals surface area contributed by atoms with Crippen molar-refractivity contribution in [3.05, 3.63) is 0 Å². The summed E-state index contributed by atoms with van der Waals surface area (Å²) in [5.41, 5.74) is 0. The second-order valence-corrected chi connectivity index (χ2v) is 7.05. The van der Waals surface area contributed by atoms with Crippen LogP contribution in [-0.4, -0.2) is 48.3 Å². The number of hydrogen-bond acceptors (Lipinski definition) is 3. The minimum atomic E-state index is -0.0180. The molecule has 1 aliphatic carbocycles. The quantitative estimate of drug-likeness (QED) is 0.803. The number of rotatable bonds is 5. The van der Waals surface area contributed by atoms with Gasteiger partial charge in [0.2, 0.25) is 0 Å². The summed E-state index contributed by atoms with van der Waals surface area (Å²) in [5, 5.41) is 13.3. The lowest BCUT2D eigenvalue weighted by atomic mass is 9.87. The van der Waals surface area contributed by atoms with Crippen LogP contribution in [0, 0.1) is 11.8 Å². The van der Waals surface area contributed by atoms with E-state index in [1.807, 2.05) is 0 Å². The van der Waals surface area contributed by atoms with Crippen LogP contribution >= 0.6 is 0 Å². The van der Waals surface area contributed by atoms with E-state index in [1.165, 1.54) is 51.9 Å². The predicted molar refractivity (Wildman–Crippen MR) is 80.3 cm³/mol. The number of likely N-dealkylation sites (tertiary alicyclic amines) is 1. The van der Waals surface area contributed by atoms with Crippen molar-refractivity contribution in [1.82, 2.24) is 10.2 Å². The highest BCUT2D eigenvalue weighted by Crippen LogP contribution is 2.24. The van der Waals surface area contributed by atoms with Gasteiger partial charge in [-0.1, -0.05) is 13.8 Å². The predicted octanol–water partition coefficient (Wildman–Crippen LogP) is 2.25. The zero-order chi connectivity index (χ0) is 13.7. The molecule has 1 heterocycles. The Kier molecular flexibility index (Phi) is 6.11. The number of nitrogens with zero attached hydrogens (tertiary/aromatic N) is 1. The minimum Gasteiger partial charge on any atom is -0.393 e. The molecule has 0 bridgehead atoms. The maximum absolute atomic E-state index is 9.52. The molecule has 2 fully saturated rings. The highest BCUT2D eigenvalue weighted by atomic mass is 16.3. The lowest BCUT2D eigenvalue weighted by Crippen LogP contribution is -2.45. The molecule has 1 saturated carbocycles. The van der Waals surface area contributed by atoms with Crippen molar-refractivity contribution in [3.8, 4) is 0 Å². The van der Waals surface area contributed by atoms with Crippen molar-refractivity contribution in [3.63, 3.8) is 0 Å². The molecule has 0 radical (unpaired) electrons. The Balaban J connectivity index is 1.58. The summed E-state index contributed by atoms with van der Waals surface area (Å²) in [5.74, 6) is 1.59. The second-order valence-electron chi connectivity index (χ2n) is 7.05. The van der Waals surface area contributed by atoms with E-state index in [4.69, 9.17) is 0 Å². The smallest absolute Gasteiger partial charge is 0.0540 e. The zero-order valence-corrected chi connectivity index (χ0v) is 12.8. The molecule has 2 aliphatic rings. The van der Waals surface area contributed by atoms with Crippen molar-refractivity contribution >= 4 is 0 Å². The third kappa shape index (κ3) is 5.41. The lowest BCUT2D eigenvalue weighted by Gasteiger charge is -2.34. The fourth-order valence-electron chi connectivity index (χ4n) is 3.52. The Bertz CT molecular complexity index is 241. The van der Waals surface area contributed by atoms with E-state index in [1.54, 1.807) is 0 Å². The summed E-state index contributed by atoms with van der Waals surface area (Å²) in [6.07, 6.45) is 7.04. The van der Waals surface area contributed by atoms with Gasteiger partial charge >= 0.3 is 0 Å². The van der Waals surface area contributed by atoms with Crippen LogP contribution in [0.3, 0.4) is 0 Å². The van der Waals surface area contributed by atoms with E-state index < -0.39 is 0 Å². The summed E-state index contributed by atoms with van der Waals surface area (Å²) < 4.78 is 0. The molecule has 0 aromatic heterocycles. The van der Waals surface area contributed by atoms with E-state index in [0.717, 1.165) is 30.7 Å². The Labute approximate surface area is 118 Å². The molecule has 19 heavy (non-hydrogen) atoms. The maximum atomic E-state index is 9.52. The molecule has 0 spiro atoms. The van der Waals surface area contributed by atoms with Gasteiger partial charge in [0.15, 0.2) is 0 Å². The van der Waals surface area contributed by atoms with Crippen molar-refractivity contribution in [1.29, 1.82) is 0 Å². The average Bonchev–Trinajstić information content (AvgIpc) is 2.39. The molecule has 1 aliphatic heterocycles. The van der Waals surface area contributed by atoms with E-state index in [0.29, 0.717) is 0 Å². The molecule has 2 N–H and O–H groups in total. The topological polar surface area (TPSA) is 35.5 Å². The molecule has 0 aromatic carbocycles. The van der Waals surface area contributed by atoms with Crippen LogP contribution in [0.2, 0.25) is 0 Å². The summed E-state index contributed by atoms with van der Waals surface area (Å²) in [7, 11) is 0. The number of aliphatic hydroxyl groups excluding tert-OH is 1. The Hall–Kier alpha value is -0.120. The Morgan fingerprint density at radius 3 is 2.26 bits per heavy atom. The van der Waals surface area contributed by atoms with Gasteiger partial charge in [0.05, 0.1) is 6.10 Å². The number of hydrogen-bond donors (Lipinski definition) is 2. The molecule has 1 saturated heterocycles. The molecule has 112 valence electrons. The molecular weight excluding hydrogens is 236 g/mol. The summed E-state index contributed by atoms with van der Waals surface area (Å²) in [4.78, 5) is 2.61. The minimum absolute atomic E-state index is 0.0180. The number of aliphatic hydroxyl groups is 1. The molecule has 0 unspecified atom stereocenters. The average molecular weight is 268 g/mol. The Morgan fingerprint density at radius 1 is 1.05 bits per heavy atom. The van der Waals surface area contributed by atoms with Gasteiger partial charge in [-0.05, 0) is 70.0 Å². The summed E-state index contributed by atoms with van der Waals surface area (Å²) >= 11 is 0. The monoisotopic (exact) mass is 268 g/mol. The van der Waals surface area contributed by atoms with Crippen LogP contribution in [-0.2, 0) is 0 Å². The van der Waals surface area contributed by atoms with Crippen molar-refractivity contribution in [2.24, 2.45) is 11.8 Å². The fourth-order valence-corrected chi connectivity index (χ4v) is 3.52. The van der Waals surface area contributed by atoms with Gasteiger partial charge in [-0.2, -0.15) is 0 Å². The number of piperidine rings is 1. The van der Waals surface area contributed by atoms with Crippen molar-refractivity contribution < 1.29 is 5.11 Å². The van der Waals surface area contributed by atoms with E-state index >= 15 is 0 Å².